The number of amides is 2. The van der Waals surface area contributed by atoms with E-state index >= 15 is 0 Å². The Morgan fingerprint density at radius 1 is 1.00 bits per heavy atom. The molecule has 0 aliphatic carbocycles. The van der Waals surface area contributed by atoms with Crippen LogP contribution in [-0.2, 0) is 26.2 Å². The summed E-state index contributed by atoms with van der Waals surface area (Å²) in [4.78, 5) is 28.1. The first kappa shape index (κ1) is 29.6. The molecule has 9 heteroatoms. The van der Waals surface area contributed by atoms with Gasteiger partial charge in [-0.3, -0.25) is 13.9 Å². The zero-order chi connectivity index (χ0) is 26.9. The number of carbonyl (C=O) groups is 2. The number of nitrogens with zero attached hydrogens (tertiary/aromatic N) is 2. The Hall–Kier alpha value is -2.58. The minimum atomic E-state index is -3.55. The molecule has 0 aromatic heterocycles. The zero-order valence-corrected chi connectivity index (χ0v) is 23.4. The third-order valence-corrected chi connectivity index (χ3v) is 7.57. The monoisotopic (exact) mass is 535 g/mol. The van der Waals surface area contributed by atoms with Crippen LogP contribution in [-0.4, -0.2) is 50.0 Å². The molecule has 2 rings (SSSR count). The second-order valence-corrected chi connectivity index (χ2v) is 11.5. The molecule has 0 aliphatic rings. The molecule has 2 amide bonds. The molecule has 36 heavy (non-hydrogen) atoms. The number of aryl methyl sites for hydroxylation is 1. The minimum absolute atomic E-state index is 0.00516. The highest BCUT2D eigenvalue weighted by Crippen LogP contribution is 2.22. The Morgan fingerprint density at radius 2 is 1.61 bits per heavy atom. The molecule has 0 spiro atoms. The van der Waals surface area contributed by atoms with Gasteiger partial charge >= 0.3 is 0 Å². The van der Waals surface area contributed by atoms with Crippen LogP contribution in [0.5, 0.6) is 0 Å². The minimum Gasteiger partial charge on any atom is -0.352 e. The molecule has 0 bridgehead atoms. The van der Waals surface area contributed by atoms with Crippen molar-refractivity contribution in [1.29, 1.82) is 0 Å². The van der Waals surface area contributed by atoms with Gasteiger partial charge in [-0.25, -0.2) is 8.42 Å². The molecule has 0 radical (unpaired) electrons. The van der Waals surface area contributed by atoms with Gasteiger partial charge in [-0.2, -0.15) is 0 Å². The number of carbonyl (C=O) groups excluding carboxylic acids is 2. The molecule has 0 fully saturated rings. The summed E-state index contributed by atoms with van der Waals surface area (Å²) in [5.41, 5.74) is 2.54. The first-order chi connectivity index (χ1) is 17.0. The average Bonchev–Trinajstić information content (AvgIpc) is 2.82. The summed E-state index contributed by atoms with van der Waals surface area (Å²) in [6.45, 7) is 8.26. The van der Waals surface area contributed by atoms with Gasteiger partial charge in [0.15, 0.2) is 0 Å². The normalized spacial score (nSPS) is 13.1. The topological polar surface area (TPSA) is 86.8 Å². The van der Waals surface area contributed by atoms with Crippen LogP contribution in [0.15, 0.2) is 48.5 Å². The highest BCUT2D eigenvalue weighted by atomic mass is 35.5. The van der Waals surface area contributed by atoms with Crippen molar-refractivity contribution in [3.63, 3.8) is 0 Å². The van der Waals surface area contributed by atoms with Crippen LogP contribution in [0.25, 0.3) is 0 Å². The van der Waals surface area contributed by atoms with Crippen molar-refractivity contribution in [2.45, 2.75) is 72.0 Å². The SMILES string of the molecule is CC[C@H](C(=O)N[C@@H](C)CC)N(Cc1ccc(C)cc1)C(=O)CCCN(c1ccc(Cl)cc1)S(C)(=O)=O. The number of nitrogens with one attached hydrogen (secondary N) is 1. The van der Waals surface area contributed by atoms with Crippen molar-refractivity contribution in [3.8, 4) is 0 Å². The second-order valence-electron chi connectivity index (χ2n) is 9.16. The molecular weight excluding hydrogens is 498 g/mol. The predicted octanol–water partition coefficient (Wildman–Crippen LogP) is 4.92. The molecule has 2 aromatic carbocycles. The lowest BCUT2D eigenvalue weighted by molar-refractivity contribution is -0.141. The molecule has 0 saturated heterocycles. The fourth-order valence-corrected chi connectivity index (χ4v) is 4.95. The third kappa shape index (κ3) is 8.82. The van der Waals surface area contributed by atoms with Crippen molar-refractivity contribution in [2.75, 3.05) is 17.1 Å². The van der Waals surface area contributed by atoms with Gasteiger partial charge in [0.1, 0.15) is 6.04 Å². The van der Waals surface area contributed by atoms with Gasteiger partial charge in [-0.1, -0.05) is 55.3 Å². The van der Waals surface area contributed by atoms with E-state index in [4.69, 9.17) is 11.6 Å². The fourth-order valence-electron chi connectivity index (χ4n) is 3.86. The van der Waals surface area contributed by atoms with Gasteiger partial charge < -0.3 is 10.2 Å². The standard InChI is InChI=1S/C27H38ClN3O4S/c1-6-21(4)29-27(33)25(7-2)30(19-22-12-10-20(3)11-13-22)26(32)9-8-18-31(36(5,34)35)24-16-14-23(28)15-17-24/h10-17,21,25H,6-9,18-19H2,1-5H3,(H,29,33)/t21-,25+/m0/s1. The van der Waals surface area contributed by atoms with Crippen LogP contribution in [0.2, 0.25) is 5.02 Å². The summed E-state index contributed by atoms with van der Waals surface area (Å²) >= 11 is 5.95. The molecule has 2 atom stereocenters. The molecule has 2 aromatic rings. The Bertz CT molecular complexity index is 1100. The highest BCUT2D eigenvalue weighted by Gasteiger charge is 2.29. The van der Waals surface area contributed by atoms with Crippen molar-refractivity contribution in [3.05, 3.63) is 64.7 Å². The number of benzene rings is 2. The first-order valence-electron chi connectivity index (χ1n) is 12.3. The van der Waals surface area contributed by atoms with Crippen LogP contribution < -0.4 is 9.62 Å². The quantitative estimate of drug-likeness (QED) is 0.394. The number of hydrogen-bond donors (Lipinski definition) is 1. The Balaban J connectivity index is 2.21. The van der Waals surface area contributed by atoms with Gasteiger partial charge in [-0.05, 0) is 62.9 Å². The van der Waals surface area contributed by atoms with Crippen molar-refractivity contribution in [2.24, 2.45) is 0 Å². The predicted molar refractivity (Wildman–Crippen MR) is 147 cm³/mol. The number of sulfonamides is 1. The van der Waals surface area contributed by atoms with E-state index in [1.807, 2.05) is 52.0 Å². The maximum absolute atomic E-state index is 13.4. The zero-order valence-electron chi connectivity index (χ0n) is 21.8. The van der Waals surface area contributed by atoms with E-state index in [1.54, 1.807) is 29.2 Å². The van der Waals surface area contributed by atoms with E-state index in [9.17, 15) is 18.0 Å². The summed E-state index contributed by atoms with van der Waals surface area (Å²) < 4.78 is 26.1. The maximum atomic E-state index is 13.4. The number of anilines is 1. The Kier molecular flexibility index (Phi) is 11.2. The molecule has 0 aliphatic heterocycles. The summed E-state index contributed by atoms with van der Waals surface area (Å²) in [5.74, 6) is -0.363. The lowest BCUT2D eigenvalue weighted by atomic mass is 10.1. The van der Waals surface area contributed by atoms with Crippen molar-refractivity contribution >= 4 is 39.1 Å². The van der Waals surface area contributed by atoms with E-state index < -0.39 is 16.1 Å². The largest absolute Gasteiger partial charge is 0.352 e. The maximum Gasteiger partial charge on any atom is 0.243 e. The van der Waals surface area contributed by atoms with Gasteiger partial charge in [0, 0.05) is 30.6 Å². The average molecular weight is 536 g/mol. The van der Waals surface area contributed by atoms with E-state index in [0.717, 1.165) is 23.8 Å². The number of rotatable bonds is 13. The van der Waals surface area contributed by atoms with E-state index in [0.29, 0.717) is 30.1 Å². The lowest BCUT2D eigenvalue weighted by Gasteiger charge is -2.32. The summed E-state index contributed by atoms with van der Waals surface area (Å²) in [7, 11) is -3.55. The van der Waals surface area contributed by atoms with E-state index in [1.165, 1.54) is 4.31 Å². The molecule has 198 valence electrons. The summed E-state index contributed by atoms with van der Waals surface area (Å²) in [6, 6.07) is 13.8. The smallest absolute Gasteiger partial charge is 0.243 e. The van der Waals surface area contributed by atoms with Gasteiger partial charge in [0.2, 0.25) is 21.8 Å². The molecule has 0 saturated carbocycles. The number of hydrogen-bond acceptors (Lipinski definition) is 4. The van der Waals surface area contributed by atoms with Crippen LogP contribution in [0.4, 0.5) is 5.69 Å². The second kappa shape index (κ2) is 13.7. The first-order valence-corrected chi connectivity index (χ1v) is 14.6. The van der Waals surface area contributed by atoms with E-state index in [2.05, 4.69) is 5.32 Å². The fraction of sp³-hybridized carbons (Fsp3) is 0.481. The Morgan fingerprint density at radius 3 is 2.14 bits per heavy atom. The van der Waals surface area contributed by atoms with Crippen LogP contribution in [0.3, 0.4) is 0 Å². The van der Waals surface area contributed by atoms with Gasteiger partial charge in [0.25, 0.3) is 0 Å². The van der Waals surface area contributed by atoms with Crippen molar-refractivity contribution in [1.82, 2.24) is 10.2 Å². The molecule has 0 unspecified atom stereocenters. The van der Waals surface area contributed by atoms with Crippen LogP contribution in [0.1, 0.15) is 57.6 Å². The molecule has 0 heterocycles. The van der Waals surface area contributed by atoms with Crippen molar-refractivity contribution < 1.29 is 18.0 Å². The molecule has 1 N–H and O–H groups in total. The summed E-state index contributed by atoms with van der Waals surface area (Å²) in [6.07, 6.45) is 2.82. The summed E-state index contributed by atoms with van der Waals surface area (Å²) in [5, 5.41) is 3.51. The highest BCUT2D eigenvalue weighted by molar-refractivity contribution is 7.92. The molecule has 7 nitrogen and oxygen atoms in total. The van der Waals surface area contributed by atoms with Gasteiger partial charge in [0.05, 0.1) is 11.9 Å². The van der Waals surface area contributed by atoms with Gasteiger partial charge in [-0.15, -0.1) is 0 Å². The van der Waals surface area contributed by atoms with Crippen LogP contribution >= 0.6 is 11.6 Å². The molecular formula is C27H38ClN3O4S. The van der Waals surface area contributed by atoms with E-state index in [-0.39, 0.29) is 30.8 Å². The number of halogens is 1. The third-order valence-electron chi connectivity index (χ3n) is 6.13. The lowest BCUT2D eigenvalue weighted by Crippen LogP contribution is -2.50. The Labute approximate surface area is 220 Å². The van der Waals surface area contributed by atoms with Crippen LogP contribution in [0, 0.1) is 6.92 Å².